The Kier molecular flexibility index (Phi) is 8.56. The number of rotatable bonds is 9. The molecule has 2 heterocycles. The largest absolute Gasteiger partial charge is 0.493 e. The van der Waals surface area contributed by atoms with E-state index in [-0.39, 0.29) is 12.0 Å². The number of nitrogens with one attached hydrogen (secondary N) is 2. The van der Waals surface area contributed by atoms with Crippen molar-refractivity contribution in [3.8, 4) is 11.5 Å². The first-order chi connectivity index (χ1) is 19.7. The molecule has 1 amide bonds. The lowest BCUT2D eigenvalue weighted by Gasteiger charge is -2.29. The minimum Gasteiger partial charge on any atom is -0.493 e. The van der Waals surface area contributed by atoms with Crippen molar-refractivity contribution < 1.29 is 14.3 Å². The van der Waals surface area contributed by atoms with Crippen molar-refractivity contribution in [1.82, 2.24) is 14.8 Å². The lowest BCUT2D eigenvalue weighted by atomic mass is 9.94. The number of hydrogen-bond donors (Lipinski definition) is 2. The monoisotopic (exact) mass is 589 g/mol. The number of benzene rings is 3. The average molecular weight is 590 g/mol. The topological polar surface area (TPSA) is 90.3 Å². The van der Waals surface area contributed by atoms with Gasteiger partial charge in [0.05, 0.1) is 18.8 Å². The number of amides is 1. The number of aryl methyl sites for hydroxylation is 1. The molecule has 212 valence electrons. The molecular weight excluding hydrogens is 558 g/mol. The number of halogens is 1. The van der Waals surface area contributed by atoms with Gasteiger partial charge in [-0.25, -0.2) is 4.68 Å². The number of thioether (sulfide) groups is 1. The zero-order valence-electron chi connectivity index (χ0n) is 23.6. The fourth-order valence-corrected chi connectivity index (χ4v) is 5.78. The van der Waals surface area contributed by atoms with Crippen LogP contribution in [0.1, 0.15) is 43.5 Å². The van der Waals surface area contributed by atoms with Gasteiger partial charge in [0.25, 0.3) is 5.91 Å². The molecule has 1 unspecified atom stereocenters. The number of hydrogen-bond acceptors (Lipinski definition) is 7. The lowest BCUT2D eigenvalue weighted by Crippen LogP contribution is -2.31. The zero-order valence-corrected chi connectivity index (χ0v) is 25.1. The van der Waals surface area contributed by atoms with Crippen LogP contribution in [0.5, 0.6) is 11.5 Å². The van der Waals surface area contributed by atoms with Crippen LogP contribution in [0.4, 0.5) is 11.6 Å². The molecule has 0 aliphatic carbocycles. The number of ether oxygens (including phenoxy) is 2. The van der Waals surface area contributed by atoms with Crippen molar-refractivity contribution in [3.05, 3.63) is 99.7 Å². The molecule has 2 N–H and O–H groups in total. The molecule has 0 spiro atoms. The van der Waals surface area contributed by atoms with E-state index in [0.29, 0.717) is 44.6 Å². The summed E-state index contributed by atoms with van der Waals surface area (Å²) in [5, 5.41) is 12.5. The van der Waals surface area contributed by atoms with Gasteiger partial charge in [0, 0.05) is 22.2 Å². The number of fused-ring (bicyclic) bond motifs is 1. The molecule has 8 nitrogen and oxygen atoms in total. The van der Waals surface area contributed by atoms with E-state index in [9.17, 15) is 4.79 Å². The number of para-hydroxylation sites is 1. The molecular formula is C31H32ClN5O3S. The molecule has 0 radical (unpaired) electrons. The minimum atomic E-state index is -0.570. The highest BCUT2D eigenvalue weighted by Crippen LogP contribution is 2.40. The first-order valence-electron chi connectivity index (χ1n) is 13.3. The summed E-state index contributed by atoms with van der Waals surface area (Å²) in [6, 6.07) is 20.5. The van der Waals surface area contributed by atoms with Gasteiger partial charge in [-0.15, -0.1) is 5.10 Å². The Bertz CT molecular complexity index is 1620. The van der Waals surface area contributed by atoms with E-state index in [0.717, 1.165) is 22.4 Å². The van der Waals surface area contributed by atoms with E-state index < -0.39 is 6.04 Å². The predicted molar refractivity (Wildman–Crippen MR) is 164 cm³/mol. The third kappa shape index (κ3) is 6.21. The molecule has 0 bridgehead atoms. The van der Waals surface area contributed by atoms with Crippen molar-refractivity contribution in [1.29, 1.82) is 0 Å². The Morgan fingerprint density at radius 2 is 1.85 bits per heavy atom. The van der Waals surface area contributed by atoms with Gasteiger partial charge in [0.2, 0.25) is 11.1 Å². The minimum absolute atomic E-state index is 0.0224. The first-order valence-corrected chi connectivity index (χ1v) is 14.6. The smallest absolute Gasteiger partial charge is 0.255 e. The maximum Gasteiger partial charge on any atom is 0.255 e. The van der Waals surface area contributed by atoms with Crippen LogP contribution < -0.4 is 20.1 Å². The van der Waals surface area contributed by atoms with Crippen LogP contribution in [-0.4, -0.2) is 33.9 Å². The van der Waals surface area contributed by atoms with Crippen LogP contribution in [0.25, 0.3) is 0 Å². The van der Waals surface area contributed by atoms with Crippen molar-refractivity contribution in [3.63, 3.8) is 0 Å². The van der Waals surface area contributed by atoms with Crippen molar-refractivity contribution in [2.24, 2.45) is 0 Å². The fraction of sp³-hybridized carbons (Fsp3) is 0.258. The summed E-state index contributed by atoms with van der Waals surface area (Å²) >= 11 is 7.85. The van der Waals surface area contributed by atoms with Crippen LogP contribution in [0.15, 0.2) is 83.2 Å². The van der Waals surface area contributed by atoms with E-state index >= 15 is 0 Å². The Morgan fingerprint density at radius 1 is 1.10 bits per heavy atom. The summed E-state index contributed by atoms with van der Waals surface area (Å²) < 4.78 is 13.4. The van der Waals surface area contributed by atoms with Gasteiger partial charge in [-0.1, -0.05) is 65.8 Å². The maximum absolute atomic E-state index is 13.9. The van der Waals surface area contributed by atoms with Gasteiger partial charge in [-0.3, -0.25) is 4.79 Å². The molecule has 10 heteroatoms. The molecule has 1 atom stereocenters. The summed E-state index contributed by atoms with van der Waals surface area (Å²) in [5.41, 5.74) is 4.72. The number of nitrogens with zero attached hydrogens (tertiary/aromatic N) is 3. The number of aromatic nitrogens is 3. The number of anilines is 2. The second kappa shape index (κ2) is 12.3. The van der Waals surface area contributed by atoms with E-state index in [1.807, 2.05) is 94.4 Å². The van der Waals surface area contributed by atoms with E-state index in [1.54, 1.807) is 11.8 Å². The van der Waals surface area contributed by atoms with Crippen molar-refractivity contribution in [2.75, 3.05) is 17.7 Å². The molecule has 4 aromatic rings. The molecule has 5 rings (SSSR count). The molecule has 1 aliphatic rings. The molecule has 3 aromatic carbocycles. The normalized spacial score (nSPS) is 14.5. The number of carbonyl (C=O) groups excluding carboxylic acids is 1. The summed E-state index contributed by atoms with van der Waals surface area (Å²) in [4.78, 5) is 18.7. The zero-order chi connectivity index (χ0) is 29.1. The van der Waals surface area contributed by atoms with Gasteiger partial charge >= 0.3 is 0 Å². The van der Waals surface area contributed by atoms with Crippen LogP contribution in [0, 0.1) is 6.92 Å². The highest BCUT2D eigenvalue weighted by Gasteiger charge is 2.35. The van der Waals surface area contributed by atoms with Gasteiger partial charge in [0.15, 0.2) is 11.5 Å². The Morgan fingerprint density at radius 3 is 2.59 bits per heavy atom. The van der Waals surface area contributed by atoms with E-state index in [1.165, 1.54) is 11.8 Å². The van der Waals surface area contributed by atoms with Crippen LogP contribution in [-0.2, 0) is 10.5 Å². The quantitative estimate of drug-likeness (QED) is 0.199. The summed E-state index contributed by atoms with van der Waals surface area (Å²) in [6.07, 6.45) is -0.0224. The van der Waals surface area contributed by atoms with Crippen LogP contribution >= 0.6 is 23.4 Å². The molecule has 1 aromatic heterocycles. The Hall–Kier alpha value is -3.95. The van der Waals surface area contributed by atoms with Crippen LogP contribution in [0.2, 0.25) is 5.02 Å². The molecule has 41 heavy (non-hydrogen) atoms. The van der Waals surface area contributed by atoms with Gasteiger partial charge < -0.3 is 20.1 Å². The SMILES string of the molecule is COc1cc(C2C(C(=O)Nc3ccccc3C)=C(C)Nc3nc(SCc4ccccc4Cl)nn32)ccc1OC(C)C. The second-order valence-electron chi connectivity index (χ2n) is 9.95. The summed E-state index contributed by atoms with van der Waals surface area (Å²) in [7, 11) is 1.60. The molecule has 0 fully saturated rings. The highest BCUT2D eigenvalue weighted by molar-refractivity contribution is 7.98. The van der Waals surface area contributed by atoms with Gasteiger partial charge in [0.1, 0.15) is 6.04 Å². The summed E-state index contributed by atoms with van der Waals surface area (Å²) in [5.74, 6) is 2.11. The lowest BCUT2D eigenvalue weighted by molar-refractivity contribution is -0.113. The maximum atomic E-state index is 13.9. The van der Waals surface area contributed by atoms with Gasteiger partial charge in [-0.2, -0.15) is 4.98 Å². The number of methoxy groups -OCH3 is 1. The van der Waals surface area contributed by atoms with Crippen molar-refractivity contribution >= 4 is 40.9 Å². The molecule has 0 saturated carbocycles. The third-order valence-electron chi connectivity index (χ3n) is 6.65. The Labute approximate surface area is 249 Å². The van der Waals surface area contributed by atoms with E-state index in [2.05, 4.69) is 10.6 Å². The van der Waals surface area contributed by atoms with Crippen LogP contribution in [0.3, 0.4) is 0 Å². The predicted octanol–water partition coefficient (Wildman–Crippen LogP) is 7.26. The average Bonchev–Trinajstić information content (AvgIpc) is 3.35. The highest BCUT2D eigenvalue weighted by atomic mass is 35.5. The molecule has 1 aliphatic heterocycles. The standard InChI is InChI=1S/C31H32ClN5O3S/c1-18(2)40-25-15-14-21(16-26(25)39-5)28-27(29(38)34-24-13-9-6-10-19(24)3)20(4)33-30-35-31(36-37(28)30)41-17-22-11-7-8-12-23(22)32/h6-16,18,28H,17H2,1-5H3,(H,34,38)(H,33,35,36). The summed E-state index contributed by atoms with van der Waals surface area (Å²) in [6.45, 7) is 7.76. The third-order valence-corrected chi connectivity index (χ3v) is 7.91. The first kappa shape index (κ1) is 28.6. The number of carbonyl (C=O) groups is 1. The second-order valence-corrected chi connectivity index (χ2v) is 11.3. The van der Waals surface area contributed by atoms with Crippen molar-refractivity contribution in [2.45, 2.75) is 50.8 Å². The Balaban J connectivity index is 1.55. The van der Waals surface area contributed by atoms with Gasteiger partial charge in [-0.05, 0) is 68.7 Å². The number of allylic oxidation sites excluding steroid dienone is 1. The van der Waals surface area contributed by atoms with E-state index in [4.69, 9.17) is 31.2 Å². The fourth-order valence-electron chi connectivity index (χ4n) is 4.66. The molecule has 0 saturated heterocycles.